The molecular formula is C16H20N8O. The van der Waals surface area contributed by atoms with Gasteiger partial charge in [-0.2, -0.15) is 4.98 Å². The number of aromatic nitrogens is 7. The summed E-state index contributed by atoms with van der Waals surface area (Å²) in [7, 11) is 0. The molecule has 0 spiro atoms. The fourth-order valence-corrected chi connectivity index (χ4v) is 3.27. The second-order valence-corrected chi connectivity index (χ2v) is 6.39. The Kier molecular flexibility index (Phi) is 3.70. The number of amides is 1. The second-order valence-electron chi connectivity index (χ2n) is 6.39. The average Bonchev–Trinajstić information content (AvgIpc) is 3.18. The zero-order chi connectivity index (χ0) is 17.6. The molecule has 0 saturated carbocycles. The lowest BCUT2D eigenvalue weighted by Gasteiger charge is -2.24. The Hall–Kier alpha value is -2.84. The number of hydrogen-bond donors (Lipinski definition) is 1. The molecule has 9 nitrogen and oxygen atoms in total. The molecular weight excluding hydrogens is 320 g/mol. The molecule has 1 amide bonds. The first-order valence-electron chi connectivity index (χ1n) is 8.48. The summed E-state index contributed by atoms with van der Waals surface area (Å²) in [6.07, 6.45) is 2.46. The van der Waals surface area contributed by atoms with Crippen LogP contribution in [0.3, 0.4) is 0 Å². The van der Waals surface area contributed by atoms with Crippen molar-refractivity contribution in [1.82, 2.24) is 39.7 Å². The van der Waals surface area contributed by atoms with Crippen molar-refractivity contribution in [2.24, 2.45) is 0 Å². The summed E-state index contributed by atoms with van der Waals surface area (Å²) in [6.45, 7) is 6.54. The molecule has 0 bridgehead atoms. The van der Waals surface area contributed by atoms with Gasteiger partial charge >= 0.3 is 0 Å². The van der Waals surface area contributed by atoms with Crippen molar-refractivity contribution < 1.29 is 4.79 Å². The molecule has 3 aromatic heterocycles. The Labute approximate surface area is 144 Å². The molecule has 4 rings (SSSR count). The third-order valence-electron chi connectivity index (χ3n) is 4.50. The maximum atomic E-state index is 12.6. The SMILES string of the molecule is CCc1nnc2n1CC(NC(=O)c1nc3nc(C)cc(C)n3n1)CC2. The van der Waals surface area contributed by atoms with Gasteiger partial charge in [-0.25, -0.2) is 9.50 Å². The standard InChI is InChI=1S/C16H20N8O/c1-4-12-20-21-13-6-5-11(8-23(12)13)18-15(25)14-19-16-17-9(2)7-10(3)24(16)22-14/h7,11H,4-6,8H2,1-3H3,(H,18,25). The predicted octanol–water partition coefficient (Wildman–Crippen LogP) is 0.640. The highest BCUT2D eigenvalue weighted by Gasteiger charge is 2.25. The van der Waals surface area contributed by atoms with Crippen molar-refractivity contribution in [2.75, 3.05) is 0 Å². The Morgan fingerprint density at radius 2 is 2.16 bits per heavy atom. The Morgan fingerprint density at radius 1 is 1.32 bits per heavy atom. The summed E-state index contributed by atoms with van der Waals surface area (Å²) >= 11 is 0. The molecule has 1 aliphatic heterocycles. The summed E-state index contributed by atoms with van der Waals surface area (Å²) in [5, 5.41) is 15.7. The van der Waals surface area contributed by atoms with Crippen molar-refractivity contribution in [2.45, 2.75) is 52.6 Å². The van der Waals surface area contributed by atoms with Gasteiger partial charge in [-0.3, -0.25) is 4.79 Å². The number of carbonyl (C=O) groups excluding carboxylic acids is 1. The zero-order valence-electron chi connectivity index (χ0n) is 14.5. The first-order chi connectivity index (χ1) is 12.0. The maximum absolute atomic E-state index is 12.6. The number of nitrogens with zero attached hydrogens (tertiary/aromatic N) is 7. The predicted molar refractivity (Wildman–Crippen MR) is 89.2 cm³/mol. The third-order valence-corrected chi connectivity index (χ3v) is 4.50. The number of fused-ring (bicyclic) bond motifs is 2. The first-order valence-corrected chi connectivity index (χ1v) is 8.48. The van der Waals surface area contributed by atoms with Crippen molar-refractivity contribution in [3.63, 3.8) is 0 Å². The lowest BCUT2D eigenvalue weighted by Crippen LogP contribution is -2.41. The molecule has 0 saturated heterocycles. The highest BCUT2D eigenvalue weighted by molar-refractivity contribution is 5.91. The van der Waals surface area contributed by atoms with Crippen LogP contribution in [0.15, 0.2) is 6.07 Å². The number of nitrogens with one attached hydrogen (secondary N) is 1. The van der Waals surface area contributed by atoms with Gasteiger partial charge in [0.2, 0.25) is 5.82 Å². The van der Waals surface area contributed by atoms with Crippen molar-refractivity contribution in [3.05, 3.63) is 34.9 Å². The molecule has 1 N–H and O–H groups in total. The van der Waals surface area contributed by atoms with E-state index >= 15 is 0 Å². The number of aryl methyl sites for hydroxylation is 4. The first kappa shape index (κ1) is 15.7. The van der Waals surface area contributed by atoms with Crippen LogP contribution in [0.1, 0.15) is 47.0 Å². The van der Waals surface area contributed by atoms with Crippen LogP contribution in [0.4, 0.5) is 0 Å². The second kappa shape index (κ2) is 5.91. The van der Waals surface area contributed by atoms with Crippen molar-refractivity contribution in [3.8, 4) is 0 Å². The quantitative estimate of drug-likeness (QED) is 0.750. The van der Waals surface area contributed by atoms with E-state index in [9.17, 15) is 4.79 Å². The molecule has 25 heavy (non-hydrogen) atoms. The molecule has 9 heteroatoms. The summed E-state index contributed by atoms with van der Waals surface area (Å²) < 4.78 is 3.69. The third kappa shape index (κ3) is 2.75. The number of rotatable bonds is 3. The lowest BCUT2D eigenvalue weighted by atomic mass is 10.1. The Bertz CT molecular complexity index is 943. The van der Waals surface area contributed by atoms with E-state index in [1.807, 2.05) is 19.9 Å². The molecule has 1 aliphatic rings. The molecule has 0 fully saturated rings. The lowest BCUT2D eigenvalue weighted by molar-refractivity contribution is 0.0917. The fraction of sp³-hybridized carbons (Fsp3) is 0.500. The topological polar surface area (TPSA) is 103 Å². The Morgan fingerprint density at radius 3 is 2.96 bits per heavy atom. The average molecular weight is 340 g/mol. The van der Waals surface area contributed by atoms with E-state index in [4.69, 9.17) is 0 Å². The van der Waals surface area contributed by atoms with Crippen LogP contribution in [0.2, 0.25) is 0 Å². The summed E-state index contributed by atoms with van der Waals surface area (Å²) in [4.78, 5) is 21.2. The maximum Gasteiger partial charge on any atom is 0.291 e. The minimum absolute atomic E-state index is 0.0173. The molecule has 3 aromatic rings. The molecule has 130 valence electrons. The van der Waals surface area contributed by atoms with Crippen LogP contribution >= 0.6 is 0 Å². The van der Waals surface area contributed by atoms with Gasteiger partial charge in [0.1, 0.15) is 11.6 Å². The molecule has 0 radical (unpaired) electrons. The van der Waals surface area contributed by atoms with Gasteiger partial charge in [-0.15, -0.1) is 15.3 Å². The van der Waals surface area contributed by atoms with Gasteiger partial charge in [0.25, 0.3) is 11.7 Å². The molecule has 4 heterocycles. The van der Waals surface area contributed by atoms with Crippen LogP contribution in [0, 0.1) is 13.8 Å². The van der Waals surface area contributed by atoms with E-state index in [0.717, 1.165) is 42.3 Å². The summed E-state index contributed by atoms with van der Waals surface area (Å²) in [6, 6.07) is 1.92. The molecule has 0 aromatic carbocycles. The van der Waals surface area contributed by atoms with Gasteiger partial charge < -0.3 is 9.88 Å². The van der Waals surface area contributed by atoms with Crippen molar-refractivity contribution >= 4 is 11.7 Å². The van der Waals surface area contributed by atoms with E-state index in [2.05, 4.69) is 42.1 Å². The normalized spacial score (nSPS) is 16.8. The van der Waals surface area contributed by atoms with Crippen LogP contribution < -0.4 is 5.32 Å². The number of hydrogen-bond acceptors (Lipinski definition) is 6. The van der Waals surface area contributed by atoms with Crippen LogP contribution in [0.25, 0.3) is 5.78 Å². The van der Waals surface area contributed by atoms with Crippen LogP contribution in [-0.4, -0.2) is 46.3 Å². The van der Waals surface area contributed by atoms with Gasteiger partial charge in [0, 0.05) is 36.8 Å². The highest BCUT2D eigenvalue weighted by atomic mass is 16.2. The highest BCUT2D eigenvalue weighted by Crippen LogP contribution is 2.16. The van der Waals surface area contributed by atoms with Crippen LogP contribution in [0.5, 0.6) is 0 Å². The largest absolute Gasteiger partial charge is 0.345 e. The van der Waals surface area contributed by atoms with E-state index in [1.165, 1.54) is 0 Å². The monoisotopic (exact) mass is 340 g/mol. The zero-order valence-corrected chi connectivity index (χ0v) is 14.5. The summed E-state index contributed by atoms with van der Waals surface area (Å²) in [5.74, 6) is 2.26. The van der Waals surface area contributed by atoms with Gasteiger partial charge in [-0.05, 0) is 26.3 Å². The van der Waals surface area contributed by atoms with Gasteiger partial charge in [0.15, 0.2) is 0 Å². The van der Waals surface area contributed by atoms with E-state index < -0.39 is 0 Å². The van der Waals surface area contributed by atoms with E-state index in [0.29, 0.717) is 12.3 Å². The van der Waals surface area contributed by atoms with Gasteiger partial charge in [0.05, 0.1) is 0 Å². The molecule has 0 aliphatic carbocycles. The smallest absolute Gasteiger partial charge is 0.291 e. The Balaban J connectivity index is 1.54. The number of carbonyl (C=O) groups is 1. The van der Waals surface area contributed by atoms with Crippen molar-refractivity contribution in [1.29, 1.82) is 0 Å². The van der Waals surface area contributed by atoms with E-state index in [1.54, 1.807) is 4.52 Å². The van der Waals surface area contributed by atoms with Gasteiger partial charge in [-0.1, -0.05) is 6.92 Å². The minimum Gasteiger partial charge on any atom is -0.345 e. The fourth-order valence-electron chi connectivity index (χ4n) is 3.27. The molecule has 1 unspecified atom stereocenters. The van der Waals surface area contributed by atoms with E-state index in [-0.39, 0.29) is 17.8 Å². The van der Waals surface area contributed by atoms with Crippen LogP contribution in [-0.2, 0) is 19.4 Å². The molecule has 1 atom stereocenters. The summed E-state index contributed by atoms with van der Waals surface area (Å²) in [5.41, 5.74) is 1.75. The minimum atomic E-state index is -0.276.